The van der Waals surface area contributed by atoms with Gasteiger partial charge in [-0.2, -0.15) is 0 Å². The van der Waals surface area contributed by atoms with E-state index in [2.05, 4.69) is 46.3 Å². The lowest BCUT2D eigenvalue weighted by atomic mass is 10.2. The molecule has 0 unspecified atom stereocenters. The second-order valence-corrected chi connectivity index (χ2v) is 7.43. The van der Waals surface area contributed by atoms with Crippen LogP contribution in [0.5, 0.6) is 0 Å². The van der Waals surface area contributed by atoms with Crippen molar-refractivity contribution in [3.05, 3.63) is 58.1 Å². The van der Waals surface area contributed by atoms with Crippen molar-refractivity contribution in [2.45, 2.75) is 13.3 Å². The van der Waals surface area contributed by atoms with Crippen LogP contribution in [0.3, 0.4) is 0 Å². The molecule has 1 fully saturated rings. The number of rotatable bonds is 5. The number of anilines is 2. The summed E-state index contributed by atoms with van der Waals surface area (Å²) < 4.78 is 0. The molecule has 1 aliphatic heterocycles. The number of hydrogen-bond donors (Lipinski definition) is 1. The monoisotopic (exact) mass is 391 g/mol. The minimum atomic E-state index is -0.0321. The Hall–Kier alpha value is -1.75. The van der Waals surface area contributed by atoms with Crippen molar-refractivity contribution in [1.29, 1.82) is 0 Å². The zero-order valence-corrected chi connectivity index (χ0v) is 16.4. The lowest BCUT2D eigenvalue weighted by molar-refractivity contribution is -0.116. The fourth-order valence-electron chi connectivity index (χ4n) is 3.12. The molecule has 0 spiro atoms. The van der Waals surface area contributed by atoms with Gasteiger partial charge in [0, 0.05) is 49.9 Å². The molecule has 1 aliphatic rings. The van der Waals surface area contributed by atoms with Crippen LogP contribution >= 0.6 is 23.2 Å². The summed E-state index contributed by atoms with van der Waals surface area (Å²) >= 11 is 12.0. The summed E-state index contributed by atoms with van der Waals surface area (Å²) in [7, 11) is 0. The smallest absolute Gasteiger partial charge is 0.225 e. The van der Waals surface area contributed by atoms with Gasteiger partial charge in [0.05, 0.1) is 10.7 Å². The molecule has 2 aromatic carbocycles. The Morgan fingerprint density at radius 2 is 1.85 bits per heavy atom. The van der Waals surface area contributed by atoms with E-state index in [4.69, 9.17) is 23.2 Å². The summed E-state index contributed by atoms with van der Waals surface area (Å²) in [6.45, 7) is 6.75. The molecule has 0 aliphatic carbocycles. The molecular weight excluding hydrogens is 369 g/mol. The zero-order chi connectivity index (χ0) is 18.5. The minimum Gasteiger partial charge on any atom is -0.369 e. The van der Waals surface area contributed by atoms with Crippen molar-refractivity contribution in [3.8, 4) is 0 Å². The summed E-state index contributed by atoms with van der Waals surface area (Å²) in [5.74, 6) is -0.0321. The molecule has 0 aromatic heterocycles. The third-order valence-electron chi connectivity index (χ3n) is 4.60. The lowest BCUT2D eigenvalue weighted by Gasteiger charge is -2.36. The van der Waals surface area contributed by atoms with E-state index in [1.807, 2.05) is 0 Å². The number of carbonyl (C=O) groups is 1. The Balaban J connectivity index is 1.44. The SMILES string of the molecule is Cc1cccc(N2CCN(CCC(=O)Nc3ccc(Cl)cc3Cl)CC2)c1. The van der Waals surface area contributed by atoms with E-state index in [0.717, 1.165) is 32.7 Å². The van der Waals surface area contributed by atoms with Gasteiger partial charge in [0.25, 0.3) is 0 Å². The molecule has 6 heteroatoms. The van der Waals surface area contributed by atoms with Crippen LogP contribution in [-0.4, -0.2) is 43.5 Å². The van der Waals surface area contributed by atoms with Gasteiger partial charge in [-0.25, -0.2) is 0 Å². The van der Waals surface area contributed by atoms with Crippen molar-refractivity contribution in [2.75, 3.05) is 42.9 Å². The minimum absolute atomic E-state index is 0.0321. The Morgan fingerprint density at radius 1 is 1.08 bits per heavy atom. The molecule has 0 bridgehead atoms. The number of nitrogens with one attached hydrogen (secondary N) is 1. The number of piperazine rings is 1. The van der Waals surface area contributed by atoms with Crippen LogP contribution < -0.4 is 10.2 Å². The van der Waals surface area contributed by atoms with Crippen LogP contribution in [0, 0.1) is 6.92 Å². The lowest BCUT2D eigenvalue weighted by Crippen LogP contribution is -2.47. The first kappa shape index (κ1) is 19.0. The average Bonchev–Trinajstić information content (AvgIpc) is 2.63. The van der Waals surface area contributed by atoms with Crippen LogP contribution in [0.15, 0.2) is 42.5 Å². The molecule has 138 valence electrons. The average molecular weight is 392 g/mol. The van der Waals surface area contributed by atoms with Crippen LogP contribution in [0.1, 0.15) is 12.0 Å². The van der Waals surface area contributed by atoms with Gasteiger partial charge in [-0.15, -0.1) is 0 Å². The van der Waals surface area contributed by atoms with E-state index in [0.29, 0.717) is 22.2 Å². The molecule has 26 heavy (non-hydrogen) atoms. The molecule has 1 saturated heterocycles. The van der Waals surface area contributed by atoms with Gasteiger partial charge < -0.3 is 10.2 Å². The maximum atomic E-state index is 12.2. The number of carbonyl (C=O) groups excluding carboxylic acids is 1. The third kappa shape index (κ3) is 5.13. The van der Waals surface area contributed by atoms with Gasteiger partial charge in [-0.05, 0) is 42.8 Å². The van der Waals surface area contributed by atoms with E-state index in [1.165, 1.54) is 11.3 Å². The van der Waals surface area contributed by atoms with Crippen molar-refractivity contribution in [1.82, 2.24) is 4.90 Å². The fraction of sp³-hybridized carbons (Fsp3) is 0.350. The quantitative estimate of drug-likeness (QED) is 0.817. The molecule has 3 rings (SSSR count). The van der Waals surface area contributed by atoms with E-state index in [-0.39, 0.29) is 5.91 Å². The number of hydrogen-bond acceptors (Lipinski definition) is 3. The summed E-state index contributed by atoms with van der Waals surface area (Å²) in [4.78, 5) is 16.9. The van der Waals surface area contributed by atoms with Gasteiger partial charge in [-0.3, -0.25) is 9.69 Å². The van der Waals surface area contributed by atoms with Gasteiger partial charge in [0.1, 0.15) is 0 Å². The standard InChI is InChI=1S/C20H23Cl2N3O/c1-15-3-2-4-17(13-15)25-11-9-24(10-12-25)8-7-20(26)23-19-6-5-16(21)14-18(19)22/h2-6,13-14H,7-12H2,1H3,(H,23,26). The van der Waals surface area contributed by atoms with Crippen molar-refractivity contribution < 1.29 is 4.79 Å². The molecular formula is C20H23Cl2N3O. The van der Waals surface area contributed by atoms with Crippen molar-refractivity contribution in [3.63, 3.8) is 0 Å². The van der Waals surface area contributed by atoms with Crippen LogP contribution in [0.4, 0.5) is 11.4 Å². The van der Waals surface area contributed by atoms with Crippen molar-refractivity contribution in [2.24, 2.45) is 0 Å². The highest BCUT2D eigenvalue weighted by Crippen LogP contribution is 2.25. The Kier molecular flexibility index (Phi) is 6.41. The largest absolute Gasteiger partial charge is 0.369 e. The summed E-state index contributed by atoms with van der Waals surface area (Å²) in [6, 6.07) is 13.7. The number of benzene rings is 2. The number of aryl methyl sites for hydroxylation is 1. The molecule has 4 nitrogen and oxygen atoms in total. The zero-order valence-electron chi connectivity index (χ0n) is 14.8. The summed E-state index contributed by atoms with van der Waals surface area (Å²) in [5, 5.41) is 3.86. The Labute approximate surface area is 164 Å². The van der Waals surface area contributed by atoms with Crippen LogP contribution in [-0.2, 0) is 4.79 Å². The maximum Gasteiger partial charge on any atom is 0.225 e. The van der Waals surface area contributed by atoms with Gasteiger partial charge in [0.15, 0.2) is 0 Å². The molecule has 0 saturated carbocycles. The van der Waals surface area contributed by atoms with E-state index < -0.39 is 0 Å². The van der Waals surface area contributed by atoms with E-state index >= 15 is 0 Å². The van der Waals surface area contributed by atoms with Crippen LogP contribution in [0.2, 0.25) is 10.0 Å². The third-order valence-corrected chi connectivity index (χ3v) is 5.15. The Bertz CT molecular complexity index is 773. The Morgan fingerprint density at radius 3 is 2.54 bits per heavy atom. The first-order valence-corrected chi connectivity index (χ1v) is 9.56. The highest BCUT2D eigenvalue weighted by atomic mass is 35.5. The normalized spacial score (nSPS) is 15.1. The highest BCUT2D eigenvalue weighted by Gasteiger charge is 2.18. The molecule has 1 amide bonds. The first-order valence-electron chi connectivity index (χ1n) is 8.80. The fourth-order valence-corrected chi connectivity index (χ4v) is 3.57. The maximum absolute atomic E-state index is 12.2. The number of nitrogens with zero attached hydrogens (tertiary/aromatic N) is 2. The van der Waals surface area contributed by atoms with E-state index in [1.54, 1.807) is 18.2 Å². The van der Waals surface area contributed by atoms with Crippen molar-refractivity contribution >= 4 is 40.5 Å². The van der Waals surface area contributed by atoms with E-state index in [9.17, 15) is 4.79 Å². The summed E-state index contributed by atoms with van der Waals surface area (Å²) in [6.07, 6.45) is 0.448. The molecule has 0 radical (unpaired) electrons. The molecule has 0 atom stereocenters. The number of amides is 1. The van der Waals surface area contributed by atoms with Crippen LogP contribution in [0.25, 0.3) is 0 Å². The second kappa shape index (κ2) is 8.76. The van der Waals surface area contributed by atoms with Gasteiger partial charge in [-0.1, -0.05) is 35.3 Å². The second-order valence-electron chi connectivity index (χ2n) is 6.59. The van der Waals surface area contributed by atoms with Gasteiger partial charge >= 0.3 is 0 Å². The molecule has 1 heterocycles. The molecule has 2 aromatic rings. The predicted octanol–water partition coefficient (Wildman–Crippen LogP) is 4.45. The number of halogens is 2. The first-order chi connectivity index (χ1) is 12.5. The van der Waals surface area contributed by atoms with Gasteiger partial charge in [0.2, 0.25) is 5.91 Å². The topological polar surface area (TPSA) is 35.6 Å². The highest BCUT2D eigenvalue weighted by molar-refractivity contribution is 6.36. The predicted molar refractivity (Wildman–Crippen MR) is 110 cm³/mol. The summed E-state index contributed by atoms with van der Waals surface area (Å²) in [5.41, 5.74) is 3.16. The molecule has 1 N–H and O–H groups in total.